The van der Waals surface area contributed by atoms with Crippen LogP contribution in [0.4, 0.5) is 5.69 Å². The van der Waals surface area contributed by atoms with Crippen LogP contribution in [0.1, 0.15) is 51.0 Å². The van der Waals surface area contributed by atoms with Crippen LogP contribution in [0, 0.1) is 17.8 Å². The van der Waals surface area contributed by atoms with E-state index < -0.39 is 0 Å². The van der Waals surface area contributed by atoms with E-state index in [1.54, 1.807) is 6.92 Å². The zero-order valence-corrected chi connectivity index (χ0v) is 19.3. The molecule has 1 aromatic carbocycles. The summed E-state index contributed by atoms with van der Waals surface area (Å²) in [6, 6.07) is 4.15. The highest BCUT2D eigenvalue weighted by atomic mass is 79.9. The van der Waals surface area contributed by atoms with Gasteiger partial charge in [-0.2, -0.15) is 0 Å². The molecule has 144 valence electrons. The molecule has 0 aromatic heterocycles. The number of nitrogens with one attached hydrogen (secondary N) is 1. The number of nitrogens with zero attached hydrogens (tertiary/aromatic N) is 1. The van der Waals surface area contributed by atoms with Crippen LogP contribution in [-0.4, -0.2) is 23.4 Å². The molecule has 0 aliphatic heterocycles. The zero-order chi connectivity index (χ0) is 17.8. The summed E-state index contributed by atoms with van der Waals surface area (Å²) in [5, 5.41) is 3.01. The molecule has 1 N–H and O–H groups in total. The van der Waals surface area contributed by atoms with Crippen LogP contribution < -0.4 is 5.32 Å². The Labute approximate surface area is 179 Å². The quantitative estimate of drug-likeness (QED) is 0.544. The van der Waals surface area contributed by atoms with Crippen molar-refractivity contribution in [3.05, 3.63) is 26.6 Å². The molecule has 0 atom stereocenters. The SMILES string of the molecule is CC(=O)Nc1c(Br)cc(Br)cc1CN(C)C12CC3CC(CC(C3)C1)C2.Cl. The molecule has 4 fully saturated rings. The Hall–Kier alpha value is -0.100. The molecule has 4 aliphatic rings. The van der Waals surface area contributed by atoms with Gasteiger partial charge >= 0.3 is 0 Å². The van der Waals surface area contributed by atoms with Crippen molar-refractivity contribution in [3.8, 4) is 0 Å². The number of amides is 1. The summed E-state index contributed by atoms with van der Waals surface area (Å²) in [7, 11) is 2.29. The molecule has 4 saturated carbocycles. The second-order valence-corrected chi connectivity index (χ2v) is 10.4. The second kappa shape index (κ2) is 7.73. The van der Waals surface area contributed by atoms with Crippen LogP contribution >= 0.6 is 44.3 Å². The zero-order valence-electron chi connectivity index (χ0n) is 15.4. The predicted octanol–water partition coefficient (Wildman–Crippen LogP) is 5.99. The number of benzene rings is 1. The van der Waals surface area contributed by atoms with Crippen LogP contribution in [0.15, 0.2) is 21.1 Å². The minimum absolute atomic E-state index is 0. The molecule has 0 unspecified atom stereocenters. The lowest BCUT2D eigenvalue weighted by molar-refractivity contribution is -0.114. The summed E-state index contributed by atoms with van der Waals surface area (Å²) in [6.45, 7) is 2.45. The standard InChI is InChI=1S/C20H26Br2N2O.ClH/c1-12(25)23-19-16(6-17(21)7-18(19)22)11-24(2)20-8-13-3-14(9-20)5-15(4-13)10-20;/h6-7,13-15H,3-5,8-11H2,1-2H3,(H,23,25);1H. The average molecular weight is 507 g/mol. The Bertz CT molecular complexity index is 674. The fourth-order valence-corrected chi connectivity index (χ4v) is 7.44. The molecule has 0 heterocycles. The van der Waals surface area contributed by atoms with Crippen LogP contribution in [0.25, 0.3) is 0 Å². The number of halogens is 3. The summed E-state index contributed by atoms with van der Waals surface area (Å²) >= 11 is 7.22. The van der Waals surface area contributed by atoms with Gasteiger partial charge in [-0.25, -0.2) is 0 Å². The number of hydrogen-bond acceptors (Lipinski definition) is 2. The van der Waals surface area contributed by atoms with E-state index in [9.17, 15) is 4.79 Å². The van der Waals surface area contributed by atoms with Crippen LogP contribution in [0.2, 0.25) is 0 Å². The predicted molar refractivity (Wildman–Crippen MR) is 116 cm³/mol. The molecule has 4 bridgehead atoms. The van der Waals surface area contributed by atoms with Gasteiger partial charge in [0.2, 0.25) is 5.91 Å². The highest BCUT2D eigenvalue weighted by molar-refractivity contribution is 9.11. The molecule has 3 nitrogen and oxygen atoms in total. The molecule has 6 heteroatoms. The normalized spacial score (nSPS) is 31.8. The number of carbonyl (C=O) groups excluding carboxylic acids is 1. The highest BCUT2D eigenvalue weighted by Crippen LogP contribution is 2.57. The average Bonchev–Trinajstić information content (AvgIpc) is 2.49. The lowest BCUT2D eigenvalue weighted by Crippen LogP contribution is -2.58. The van der Waals surface area contributed by atoms with E-state index in [1.807, 2.05) is 6.07 Å². The molecule has 4 aliphatic carbocycles. The molecule has 0 radical (unpaired) electrons. The molecule has 5 rings (SSSR count). The number of carbonyl (C=O) groups is 1. The van der Waals surface area contributed by atoms with Gasteiger partial charge in [-0.15, -0.1) is 12.4 Å². The highest BCUT2D eigenvalue weighted by Gasteiger charge is 2.52. The fourth-order valence-electron chi connectivity index (χ4n) is 6.02. The first kappa shape index (κ1) is 20.6. The van der Waals surface area contributed by atoms with Crippen molar-refractivity contribution in [2.45, 2.75) is 57.5 Å². The van der Waals surface area contributed by atoms with E-state index in [1.165, 1.54) is 44.1 Å². The van der Waals surface area contributed by atoms with Gasteiger partial charge in [0, 0.05) is 28.0 Å². The van der Waals surface area contributed by atoms with Crippen molar-refractivity contribution < 1.29 is 4.79 Å². The van der Waals surface area contributed by atoms with Gasteiger partial charge in [-0.3, -0.25) is 9.69 Å². The molecule has 1 aromatic rings. The second-order valence-electron chi connectivity index (χ2n) is 8.60. The van der Waals surface area contributed by atoms with E-state index in [4.69, 9.17) is 0 Å². The Morgan fingerprint density at radius 3 is 2.19 bits per heavy atom. The minimum atomic E-state index is -0.0262. The minimum Gasteiger partial charge on any atom is -0.325 e. The Kier molecular flexibility index (Phi) is 6.13. The van der Waals surface area contributed by atoms with Gasteiger partial charge in [-0.1, -0.05) is 15.9 Å². The van der Waals surface area contributed by atoms with Crippen LogP contribution in [0.5, 0.6) is 0 Å². The van der Waals surface area contributed by atoms with E-state index in [0.29, 0.717) is 5.54 Å². The van der Waals surface area contributed by atoms with Gasteiger partial charge in [0.25, 0.3) is 0 Å². The molecule has 0 saturated heterocycles. The van der Waals surface area contributed by atoms with Crippen molar-refractivity contribution >= 4 is 55.9 Å². The summed E-state index contributed by atoms with van der Waals surface area (Å²) in [6.07, 6.45) is 8.48. The van der Waals surface area contributed by atoms with E-state index in [-0.39, 0.29) is 18.3 Å². The summed E-state index contributed by atoms with van der Waals surface area (Å²) in [4.78, 5) is 14.2. The maximum absolute atomic E-state index is 11.7. The lowest BCUT2D eigenvalue weighted by atomic mass is 9.52. The van der Waals surface area contributed by atoms with Crippen LogP contribution in [0.3, 0.4) is 0 Å². The molecule has 0 spiro atoms. The number of rotatable bonds is 4. The summed E-state index contributed by atoms with van der Waals surface area (Å²) < 4.78 is 1.98. The van der Waals surface area contributed by atoms with E-state index in [2.05, 4.69) is 55.2 Å². The van der Waals surface area contributed by atoms with Crippen molar-refractivity contribution in [1.82, 2.24) is 4.90 Å². The summed E-state index contributed by atoms with van der Waals surface area (Å²) in [5.74, 6) is 2.80. The first-order valence-electron chi connectivity index (χ1n) is 9.31. The van der Waals surface area contributed by atoms with Gasteiger partial charge in [-0.05, 0) is 97.0 Å². The van der Waals surface area contributed by atoms with E-state index >= 15 is 0 Å². The topological polar surface area (TPSA) is 32.3 Å². The lowest BCUT2D eigenvalue weighted by Gasteiger charge is -2.60. The molecule has 26 heavy (non-hydrogen) atoms. The third-order valence-electron chi connectivity index (χ3n) is 6.66. The van der Waals surface area contributed by atoms with Gasteiger partial charge < -0.3 is 5.32 Å². The Balaban J connectivity index is 0.00000196. The first-order valence-corrected chi connectivity index (χ1v) is 10.9. The molecular weight excluding hydrogens is 479 g/mol. The third-order valence-corrected chi connectivity index (χ3v) is 7.74. The maximum atomic E-state index is 11.7. The monoisotopic (exact) mass is 504 g/mol. The van der Waals surface area contributed by atoms with Gasteiger partial charge in [0.1, 0.15) is 0 Å². The van der Waals surface area contributed by atoms with Crippen LogP contribution in [-0.2, 0) is 11.3 Å². The third kappa shape index (κ3) is 3.87. The maximum Gasteiger partial charge on any atom is 0.221 e. The molecular formula is C20H27Br2ClN2O. The Morgan fingerprint density at radius 1 is 1.15 bits per heavy atom. The van der Waals surface area contributed by atoms with E-state index in [0.717, 1.165) is 38.9 Å². The van der Waals surface area contributed by atoms with Gasteiger partial charge in [0.05, 0.1) is 5.69 Å². The number of hydrogen-bond donors (Lipinski definition) is 1. The van der Waals surface area contributed by atoms with Crippen molar-refractivity contribution in [3.63, 3.8) is 0 Å². The van der Waals surface area contributed by atoms with Crippen molar-refractivity contribution in [2.24, 2.45) is 17.8 Å². The number of anilines is 1. The fraction of sp³-hybridized carbons (Fsp3) is 0.650. The Morgan fingerprint density at radius 2 is 1.69 bits per heavy atom. The largest absolute Gasteiger partial charge is 0.325 e. The molecule has 1 amide bonds. The van der Waals surface area contributed by atoms with Crippen molar-refractivity contribution in [1.29, 1.82) is 0 Å². The van der Waals surface area contributed by atoms with Crippen molar-refractivity contribution in [2.75, 3.05) is 12.4 Å². The first-order chi connectivity index (χ1) is 11.8. The van der Waals surface area contributed by atoms with Gasteiger partial charge in [0.15, 0.2) is 0 Å². The summed E-state index contributed by atoms with van der Waals surface area (Å²) in [5.41, 5.74) is 2.46. The smallest absolute Gasteiger partial charge is 0.221 e.